The normalized spacial score (nSPS) is 10.8. The van der Waals surface area contributed by atoms with E-state index in [0.29, 0.717) is 6.07 Å². The van der Waals surface area contributed by atoms with Gasteiger partial charge in [-0.3, -0.25) is 4.79 Å². The van der Waals surface area contributed by atoms with Crippen molar-refractivity contribution in [3.8, 4) is 5.75 Å². The van der Waals surface area contributed by atoms with Gasteiger partial charge in [-0.05, 0) is 29.8 Å². The zero-order valence-corrected chi connectivity index (χ0v) is 30.1. The van der Waals surface area contributed by atoms with Crippen LogP contribution in [-0.2, 0) is 44.9 Å². The van der Waals surface area contributed by atoms with Gasteiger partial charge in [0.05, 0.1) is 36.3 Å². The van der Waals surface area contributed by atoms with E-state index in [0.717, 1.165) is 12.1 Å². The monoisotopic (exact) mass is 600 g/mol. The van der Waals surface area contributed by atoms with Crippen molar-refractivity contribution in [1.82, 2.24) is 4.98 Å². The number of carbonyl (C=O) groups excluding carboxylic acids is 1. The molecule has 176 valence electrons. The van der Waals surface area contributed by atoms with Crippen molar-refractivity contribution in [2.45, 2.75) is 23.3 Å². The standard InChI is InChI=1S/C14H13N3O11PS2.4Na.H2O/c1-7-13(19)9(5-18)10(6-28-29(20,21)22)14(15-7)17-16-11-3-2-8(31(25,26)27)4-12(11)30(23)24;;;;;/h2-5,19H,6H2,1H3,(H2,20,21,22)(H,25,26,27);;;;;1H2/q-1;4*+1;/p-4. The Labute approximate surface area is 295 Å². The zero-order valence-electron chi connectivity index (χ0n) is 19.6. The number of pyridine rings is 1. The van der Waals surface area contributed by atoms with Crippen LogP contribution < -0.4 is 128 Å². The Morgan fingerprint density at radius 2 is 1.72 bits per heavy atom. The Kier molecular flexibility index (Phi) is 23.0. The number of hydrogen-bond acceptors (Lipinski definition) is 16. The molecule has 1 heterocycles. The maximum Gasteiger partial charge on any atom is 1.00 e. The summed E-state index contributed by atoms with van der Waals surface area (Å²) in [7, 11) is -13.5. The molecule has 0 fully saturated rings. The maximum absolute atomic E-state index is 11.4. The minimum Gasteiger partial charge on any atom is -0.870 e. The van der Waals surface area contributed by atoms with Crippen LogP contribution in [0.2, 0.25) is 0 Å². The fourth-order valence-corrected chi connectivity index (χ4v) is 3.56. The number of phosphoric ester groups is 1. The van der Waals surface area contributed by atoms with Crippen LogP contribution in [0.4, 0.5) is 11.5 Å². The third kappa shape index (κ3) is 12.7. The number of aldehydes is 1. The molecule has 0 saturated heterocycles. The molecule has 0 bridgehead atoms. The predicted molar refractivity (Wildman–Crippen MR) is 95.9 cm³/mol. The summed E-state index contributed by atoms with van der Waals surface area (Å²) >= 11 is 0. The van der Waals surface area contributed by atoms with Gasteiger partial charge in [0, 0.05) is 5.56 Å². The van der Waals surface area contributed by atoms with Crippen molar-refractivity contribution < 1.29 is 174 Å². The number of phosphoric acid groups is 1. The van der Waals surface area contributed by atoms with Crippen molar-refractivity contribution in [3.63, 3.8) is 0 Å². The van der Waals surface area contributed by atoms with Gasteiger partial charge in [0.25, 0.3) is 0 Å². The molecule has 1 aromatic carbocycles. The van der Waals surface area contributed by atoms with Crippen molar-refractivity contribution in [2.24, 2.45) is 10.2 Å². The number of nitrogens with zero attached hydrogens (tertiary/aromatic N) is 3. The van der Waals surface area contributed by atoms with E-state index < -0.39 is 73.4 Å². The molecule has 0 aliphatic rings. The summed E-state index contributed by atoms with van der Waals surface area (Å²) in [6.45, 7) is 0.214. The van der Waals surface area contributed by atoms with Crippen LogP contribution in [0.5, 0.6) is 5.75 Å². The van der Waals surface area contributed by atoms with Gasteiger partial charge < -0.3 is 42.4 Å². The van der Waals surface area contributed by atoms with Crippen molar-refractivity contribution in [2.75, 3.05) is 0 Å². The van der Waals surface area contributed by atoms with E-state index in [9.17, 15) is 45.6 Å². The van der Waals surface area contributed by atoms with E-state index in [1.54, 1.807) is 0 Å². The first-order chi connectivity index (χ1) is 14.2. The first kappa shape index (κ1) is 44.4. The van der Waals surface area contributed by atoms with Crippen LogP contribution in [0.15, 0.2) is 38.2 Å². The van der Waals surface area contributed by atoms with Crippen molar-refractivity contribution in [1.29, 1.82) is 0 Å². The summed E-state index contributed by atoms with van der Waals surface area (Å²) in [4.78, 5) is 35.1. The molecule has 1 aromatic heterocycles. The number of azo groups is 1. The quantitative estimate of drug-likeness (QED) is 0.0737. The molecule has 2 rings (SSSR count). The molecule has 15 nitrogen and oxygen atoms in total. The minimum atomic E-state index is -5.49. The SMILES string of the molecule is Cc1nc(N=Nc2ccc(S(=O)(=O)[O-])cc2[S-](=O)=O)c(COP(=O)([O-])[O-])c(C=O)c1O.[Na+].[Na+].[Na+].[Na+].[OH-]. The Morgan fingerprint density at radius 1 is 1.17 bits per heavy atom. The molecule has 0 aliphatic carbocycles. The summed E-state index contributed by atoms with van der Waals surface area (Å²) < 4.78 is 70.8. The minimum absolute atomic E-state index is 0. The molecule has 0 aliphatic heterocycles. The van der Waals surface area contributed by atoms with E-state index >= 15 is 0 Å². The molecule has 0 spiro atoms. The largest absolute Gasteiger partial charge is 1.00 e. The summed E-state index contributed by atoms with van der Waals surface area (Å²) in [6, 6.07) is 2.17. The molecule has 0 unspecified atom stereocenters. The number of aryl methyl sites for hydroxylation is 1. The van der Waals surface area contributed by atoms with Gasteiger partial charge in [-0.25, -0.2) is 13.4 Å². The van der Waals surface area contributed by atoms with Gasteiger partial charge in [-0.2, -0.15) is 5.11 Å². The van der Waals surface area contributed by atoms with Crippen LogP contribution in [0, 0.1) is 6.92 Å². The Hall–Kier alpha value is 1.37. The van der Waals surface area contributed by atoms with E-state index in [-0.39, 0.29) is 136 Å². The molecule has 22 heteroatoms. The summed E-state index contributed by atoms with van der Waals surface area (Å²) in [5, 5.41) is 17.1. The van der Waals surface area contributed by atoms with Crippen LogP contribution in [0.3, 0.4) is 0 Å². The van der Waals surface area contributed by atoms with E-state index in [4.69, 9.17) is 0 Å². The third-order valence-corrected chi connectivity index (χ3v) is 5.57. The maximum atomic E-state index is 11.4. The molecule has 2 N–H and O–H groups in total. The summed E-state index contributed by atoms with van der Waals surface area (Å²) in [5.41, 5.74) is -1.54. The number of hydrogen-bond donors (Lipinski definition) is 1. The molecule has 0 saturated carbocycles. The van der Waals surface area contributed by atoms with Gasteiger partial charge >= 0.3 is 118 Å². The molecule has 0 amide bonds. The first-order valence-corrected chi connectivity index (χ1v) is 11.6. The molecule has 2 aromatic rings. The second kappa shape index (κ2) is 18.7. The average Bonchev–Trinajstić information content (AvgIpc) is 2.65. The molecular weight excluding hydrogens is 589 g/mol. The summed E-state index contributed by atoms with van der Waals surface area (Å²) in [5.74, 6) is -1.15. The van der Waals surface area contributed by atoms with Crippen LogP contribution in [-0.4, -0.2) is 34.8 Å². The first-order valence-electron chi connectivity index (χ1n) is 7.69. The van der Waals surface area contributed by atoms with Gasteiger partial charge in [0.2, 0.25) is 0 Å². The second-order valence-electron chi connectivity index (χ2n) is 5.62. The van der Waals surface area contributed by atoms with E-state index in [1.807, 2.05) is 0 Å². The van der Waals surface area contributed by atoms with Gasteiger partial charge in [-0.15, -0.1) is 5.11 Å². The summed E-state index contributed by atoms with van der Waals surface area (Å²) in [6.07, 6.45) is 0.119. The fraction of sp³-hybridized carbons (Fsp3) is 0.143. The second-order valence-corrected chi connectivity index (χ2v) is 9.06. The number of aromatic nitrogens is 1. The Balaban J connectivity index is -0.00000102. The van der Waals surface area contributed by atoms with Crippen LogP contribution in [0.25, 0.3) is 0 Å². The van der Waals surface area contributed by atoms with Crippen molar-refractivity contribution >= 4 is 46.4 Å². The predicted octanol–water partition coefficient (Wildman–Crippen LogP) is -11.9. The van der Waals surface area contributed by atoms with Crippen LogP contribution in [0.1, 0.15) is 21.6 Å². The number of benzene rings is 1. The van der Waals surface area contributed by atoms with Gasteiger partial charge in [0.1, 0.15) is 15.9 Å². The third-order valence-electron chi connectivity index (χ3n) is 3.60. The molecule has 0 radical (unpaired) electrons. The van der Waals surface area contributed by atoms with E-state index in [2.05, 4.69) is 19.7 Å². The van der Waals surface area contributed by atoms with E-state index in [1.165, 1.54) is 6.92 Å². The zero-order chi connectivity index (χ0) is 23.6. The van der Waals surface area contributed by atoms with Crippen molar-refractivity contribution in [3.05, 3.63) is 35.0 Å². The fourth-order valence-electron chi connectivity index (χ4n) is 2.20. The Morgan fingerprint density at radius 3 is 2.17 bits per heavy atom. The average molecular weight is 600 g/mol. The topological polar surface area (TPSA) is 269 Å². The van der Waals surface area contributed by atoms with Crippen LogP contribution >= 0.6 is 7.82 Å². The molecule has 36 heavy (non-hydrogen) atoms. The molecule has 0 atom stereocenters. The number of aromatic hydroxyl groups is 1. The smallest absolute Gasteiger partial charge is 0.870 e. The molecular formula is C14H11N3Na4O12PS2-. The number of carbonyl (C=O) groups is 1. The number of rotatable bonds is 8. The van der Waals surface area contributed by atoms with Gasteiger partial charge in [0.15, 0.2) is 12.1 Å². The van der Waals surface area contributed by atoms with Gasteiger partial charge in [-0.1, -0.05) is 11.0 Å². The Bertz CT molecular complexity index is 1310.